The fourth-order valence-electron chi connectivity index (χ4n) is 1.22. The molecular weight excluding hydrogens is 204 g/mol. The first-order valence-electron chi connectivity index (χ1n) is 4.90. The van der Waals surface area contributed by atoms with Crippen molar-refractivity contribution in [2.24, 2.45) is 5.73 Å². The van der Waals surface area contributed by atoms with E-state index in [9.17, 15) is 0 Å². The highest BCUT2D eigenvalue weighted by molar-refractivity contribution is 5.29. The lowest BCUT2D eigenvalue weighted by molar-refractivity contribution is 0.451. The maximum Gasteiger partial charge on any atom is 0.238 e. The molecule has 0 amide bonds. The predicted octanol–water partition coefficient (Wildman–Crippen LogP) is 1.43. The van der Waals surface area contributed by atoms with Gasteiger partial charge in [-0.05, 0) is 19.1 Å². The van der Waals surface area contributed by atoms with Crippen molar-refractivity contribution in [3.05, 3.63) is 42.1 Å². The first kappa shape index (κ1) is 10.5. The zero-order valence-corrected chi connectivity index (χ0v) is 8.92. The first-order valence-corrected chi connectivity index (χ1v) is 4.90. The second kappa shape index (κ2) is 4.67. The van der Waals surface area contributed by atoms with E-state index in [1.165, 1.54) is 0 Å². The monoisotopic (exact) mass is 216 g/mol. The number of aryl methyl sites for hydroxylation is 1. The topological polar surface area (TPSA) is 73.9 Å². The van der Waals surface area contributed by atoms with Crippen molar-refractivity contribution < 1.29 is 4.74 Å². The quantitative estimate of drug-likeness (QED) is 0.840. The molecule has 0 bridgehead atoms. The molecule has 0 radical (unpaired) electrons. The average molecular weight is 216 g/mol. The van der Waals surface area contributed by atoms with Gasteiger partial charge < -0.3 is 10.5 Å². The van der Waals surface area contributed by atoms with Gasteiger partial charge in [0, 0.05) is 18.9 Å². The summed E-state index contributed by atoms with van der Waals surface area (Å²) in [6.45, 7) is 2.21. The molecule has 0 saturated carbocycles. The zero-order valence-electron chi connectivity index (χ0n) is 8.92. The summed E-state index contributed by atoms with van der Waals surface area (Å²) >= 11 is 0. The van der Waals surface area contributed by atoms with Crippen LogP contribution in [0.5, 0.6) is 11.6 Å². The number of pyridine rings is 1. The Balaban J connectivity index is 2.24. The minimum Gasteiger partial charge on any atom is -0.436 e. The molecule has 2 heterocycles. The lowest BCUT2D eigenvalue weighted by atomic mass is 10.3. The van der Waals surface area contributed by atoms with Crippen molar-refractivity contribution in [2.45, 2.75) is 13.5 Å². The Labute approximate surface area is 93.3 Å². The molecule has 2 N–H and O–H groups in total. The van der Waals surface area contributed by atoms with E-state index in [2.05, 4.69) is 15.0 Å². The highest BCUT2D eigenvalue weighted by Crippen LogP contribution is 2.20. The lowest BCUT2D eigenvalue weighted by Gasteiger charge is -2.06. The number of ether oxygens (including phenoxy) is 1. The molecule has 0 aliphatic carbocycles. The molecule has 5 heteroatoms. The van der Waals surface area contributed by atoms with Gasteiger partial charge in [-0.25, -0.2) is 4.98 Å². The van der Waals surface area contributed by atoms with Crippen molar-refractivity contribution >= 4 is 0 Å². The molecule has 2 rings (SSSR count). The molecule has 16 heavy (non-hydrogen) atoms. The van der Waals surface area contributed by atoms with Crippen LogP contribution in [0.2, 0.25) is 0 Å². The molecular formula is C11H12N4O. The second-order valence-corrected chi connectivity index (χ2v) is 3.24. The maximum absolute atomic E-state index is 5.56. The molecule has 0 fully saturated rings. The highest BCUT2D eigenvalue weighted by Gasteiger charge is 2.03. The summed E-state index contributed by atoms with van der Waals surface area (Å²) in [7, 11) is 0. The Hall–Kier alpha value is -2.01. The van der Waals surface area contributed by atoms with Crippen molar-refractivity contribution in [3.63, 3.8) is 0 Å². The van der Waals surface area contributed by atoms with E-state index in [0.29, 0.717) is 23.9 Å². The SMILES string of the molecule is Cc1ncccc1Oc1cncc(CN)n1. The minimum atomic E-state index is 0.343. The number of rotatable bonds is 3. The van der Waals surface area contributed by atoms with Crippen LogP contribution in [-0.2, 0) is 6.54 Å². The van der Waals surface area contributed by atoms with E-state index in [4.69, 9.17) is 10.5 Å². The Morgan fingerprint density at radius 1 is 1.38 bits per heavy atom. The molecule has 2 aromatic rings. The number of aromatic nitrogens is 3. The summed E-state index contributed by atoms with van der Waals surface area (Å²) in [6, 6.07) is 3.64. The Kier molecular flexibility index (Phi) is 3.07. The average Bonchev–Trinajstić information content (AvgIpc) is 2.32. The summed E-state index contributed by atoms with van der Waals surface area (Å²) in [5.74, 6) is 1.10. The van der Waals surface area contributed by atoms with Crippen LogP contribution < -0.4 is 10.5 Å². The third kappa shape index (κ3) is 2.32. The van der Waals surface area contributed by atoms with Gasteiger partial charge in [0.25, 0.3) is 0 Å². The maximum atomic E-state index is 5.56. The smallest absolute Gasteiger partial charge is 0.238 e. The molecule has 0 atom stereocenters. The van der Waals surface area contributed by atoms with Crippen molar-refractivity contribution in [3.8, 4) is 11.6 Å². The Bertz CT molecular complexity index is 487. The van der Waals surface area contributed by atoms with Crippen molar-refractivity contribution in [1.29, 1.82) is 0 Å². The van der Waals surface area contributed by atoms with Gasteiger partial charge in [-0.1, -0.05) is 0 Å². The van der Waals surface area contributed by atoms with E-state index in [0.717, 1.165) is 5.69 Å². The summed E-state index contributed by atoms with van der Waals surface area (Å²) in [5, 5.41) is 0. The van der Waals surface area contributed by atoms with Crippen LogP contribution in [0.15, 0.2) is 30.7 Å². The number of hydrogen-bond donors (Lipinski definition) is 1. The van der Waals surface area contributed by atoms with E-state index in [1.807, 2.05) is 19.1 Å². The van der Waals surface area contributed by atoms with Gasteiger partial charge in [-0.15, -0.1) is 0 Å². The first-order chi connectivity index (χ1) is 7.79. The van der Waals surface area contributed by atoms with Crippen LogP contribution in [0.1, 0.15) is 11.4 Å². The summed E-state index contributed by atoms with van der Waals surface area (Å²) in [4.78, 5) is 12.3. The van der Waals surface area contributed by atoms with Gasteiger partial charge in [-0.3, -0.25) is 9.97 Å². The summed E-state index contributed by atoms with van der Waals surface area (Å²) < 4.78 is 5.56. The Morgan fingerprint density at radius 2 is 2.25 bits per heavy atom. The lowest BCUT2D eigenvalue weighted by Crippen LogP contribution is -2.01. The van der Waals surface area contributed by atoms with E-state index in [-0.39, 0.29) is 0 Å². The number of nitrogens with zero attached hydrogens (tertiary/aromatic N) is 3. The highest BCUT2D eigenvalue weighted by atomic mass is 16.5. The minimum absolute atomic E-state index is 0.343. The predicted molar refractivity (Wildman–Crippen MR) is 59.0 cm³/mol. The van der Waals surface area contributed by atoms with Crippen molar-refractivity contribution in [2.75, 3.05) is 0 Å². The Morgan fingerprint density at radius 3 is 3.00 bits per heavy atom. The molecule has 2 aromatic heterocycles. The van der Waals surface area contributed by atoms with Crippen LogP contribution >= 0.6 is 0 Å². The largest absolute Gasteiger partial charge is 0.436 e. The number of hydrogen-bond acceptors (Lipinski definition) is 5. The van der Waals surface area contributed by atoms with Gasteiger partial charge in [-0.2, -0.15) is 0 Å². The van der Waals surface area contributed by atoms with Crippen molar-refractivity contribution in [1.82, 2.24) is 15.0 Å². The van der Waals surface area contributed by atoms with Gasteiger partial charge >= 0.3 is 0 Å². The fourth-order valence-corrected chi connectivity index (χ4v) is 1.22. The van der Waals surface area contributed by atoms with Crippen LogP contribution in [0.4, 0.5) is 0 Å². The molecule has 82 valence electrons. The van der Waals surface area contributed by atoms with Crippen LogP contribution in [0, 0.1) is 6.92 Å². The molecule has 0 aliphatic heterocycles. The van der Waals surface area contributed by atoms with Gasteiger partial charge in [0.15, 0.2) is 5.75 Å². The third-order valence-corrected chi connectivity index (χ3v) is 2.04. The van der Waals surface area contributed by atoms with E-state index < -0.39 is 0 Å². The van der Waals surface area contributed by atoms with Gasteiger partial charge in [0.2, 0.25) is 5.88 Å². The molecule has 0 saturated heterocycles. The van der Waals surface area contributed by atoms with E-state index in [1.54, 1.807) is 18.6 Å². The normalized spacial score (nSPS) is 10.1. The third-order valence-electron chi connectivity index (χ3n) is 2.04. The van der Waals surface area contributed by atoms with Crippen LogP contribution in [0.3, 0.4) is 0 Å². The standard InChI is InChI=1S/C11H12N4O/c1-8-10(3-2-4-14-8)16-11-7-13-6-9(5-12)15-11/h2-4,6-7H,5,12H2,1H3. The van der Waals surface area contributed by atoms with Crippen LogP contribution in [0.25, 0.3) is 0 Å². The van der Waals surface area contributed by atoms with Gasteiger partial charge in [0.05, 0.1) is 17.6 Å². The van der Waals surface area contributed by atoms with Crippen LogP contribution in [-0.4, -0.2) is 15.0 Å². The molecule has 0 aliphatic rings. The summed E-state index contributed by atoms with van der Waals surface area (Å²) in [5.41, 5.74) is 6.97. The molecule has 0 spiro atoms. The zero-order chi connectivity index (χ0) is 11.4. The molecule has 0 aromatic carbocycles. The summed E-state index contributed by atoms with van der Waals surface area (Å²) in [6.07, 6.45) is 4.87. The second-order valence-electron chi connectivity index (χ2n) is 3.24. The van der Waals surface area contributed by atoms with E-state index >= 15 is 0 Å². The van der Waals surface area contributed by atoms with Gasteiger partial charge in [0.1, 0.15) is 0 Å². The molecule has 5 nitrogen and oxygen atoms in total. The number of nitrogens with two attached hydrogens (primary N) is 1. The fraction of sp³-hybridized carbons (Fsp3) is 0.182. The molecule has 0 unspecified atom stereocenters.